The van der Waals surface area contributed by atoms with Crippen LogP contribution in [0, 0.1) is 12.3 Å². The van der Waals surface area contributed by atoms with Crippen LogP contribution in [0.5, 0.6) is 0 Å². The number of hydrogen-bond acceptors (Lipinski definition) is 3. The molecule has 0 unspecified atom stereocenters. The van der Waals surface area contributed by atoms with Crippen molar-refractivity contribution in [1.29, 1.82) is 0 Å². The molecule has 0 spiro atoms. The van der Waals surface area contributed by atoms with E-state index in [2.05, 4.69) is 17.3 Å². The molecule has 1 aromatic heterocycles. The van der Waals surface area contributed by atoms with Crippen molar-refractivity contribution in [1.82, 2.24) is 4.98 Å². The zero-order valence-corrected chi connectivity index (χ0v) is 9.57. The van der Waals surface area contributed by atoms with E-state index < -0.39 is 0 Å². The molecule has 0 aliphatic heterocycles. The van der Waals surface area contributed by atoms with Crippen LogP contribution in [-0.4, -0.2) is 11.5 Å². The van der Waals surface area contributed by atoms with Crippen molar-refractivity contribution in [2.24, 2.45) is 11.1 Å². The quantitative estimate of drug-likeness (QED) is 0.832. The van der Waals surface area contributed by atoms with Crippen LogP contribution in [0.25, 0.3) is 0 Å². The molecule has 78 valence electrons. The molecule has 14 heavy (non-hydrogen) atoms. The molecule has 1 aliphatic rings. The van der Waals surface area contributed by atoms with Gasteiger partial charge in [-0.2, -0.15) is 0 Å². The zero-order valence-electron chi connectivity index (χ0n) is 8.75. The topological polar surface area (TPSA) is 38.9 Å². The lowest BCUT2D eigenvalue weighted by Crippen LogP contribution is -2.29. The number of aryl methyl sites for hydroxylation is 1. The second kappa shape index (κ2) is 3.99. The smallest absolute Gasteiger partial charge is 0.0897 e. The fourth-order valence-corrected chi connectivity index (χ4v) is 3.06. The van der Waals surface area contributed by atoms with Gasteiger partial charge in [0.25, 0.3) is 0 Å². The first-order chi connectivity index (χ1) is 6.74. The van der Waals surface area contributed by atoms with E-state index in [1.165, 1.54) is 36.4 Å². The maximum absolute atomic E-state index is 5.90. The summed E-state index contributed by atoms with van der Waals surface area (Å²) in [4.78, 5) is 4.53. The number of aromatic nitrogens is 1. The van der Waals surface area contributed by atoms with Crippen molar-refractivity contribution in [3.8, 4) is 0 Å². The maximum Gasteiger partial charge on any atom is 0.0897 e. The van der Waals surface area contributed by atoms with Crippen molar-refractivity contribution in [3.05, 3.63) is 16.1 Å². The summed E-state index contributed by atoms with van der Waals surface area (Å²) in [5.74, 6) is 0. The monoisotopic (exact) mass is 210 g/mol. The van der Waals surface area contributed by atoms with Crippen LogP contribution in [0.15, 0.2) is 5.38 Å². The summed E-state index contributed by atoms with van der Waals surface area (Å²) in [5, 5.41) is 3.36. The first kappa shape index (κ1) is 10.1. The van der Waals surface area contributed by atoms with Crippen molar-refractivity contribution in [2.45, 2.75) is 39.0 Å². The highest BCUT2D eigenvalue weighted by molar-refractivity contribution is 7.09. The van der Waals surface area contributed by atoms with E-state index in [1.54, 1.807) is 11.3 Å². The molecule has 1 aromatic rings. The van der Waals surface area contributed by atoms with Crippen LogP contribution >= 0.6 is 11.3 Å². The fourth-order valence-electron chi connectivity index (χ4n) is 2.45. The van der Waals surface area contributed by atoms with Gasteiger partial charge in [0.2, 0.25) is 0 Å². The van der Waals surface area contributed by atoms with Crippen LogP contribution < -0.4 is 5.73 Å². The summed E-state index contributed by atoms with van der Waals surface area (Å²) in [6, 6.07) is 0. The molecule has 0 atom stereocenters. The van der Waals surface area contributed by atoms with Crippen molar-refractivity contribution in [3.63, 3.8) is 0 Å². The van der Waals surface area contributed by atoms with E-state index in [1.807, 2.05) is 0 Å². The molecule has 0 radical (unpaired) electrons. The van der Waals surface area contributed by atoms with E-state index in [0.717, 1.165) is 13.0 Å². The molecule has 1 heterocycles. The van der Waals surface area contributed by atoms with E-state index in [0.29, 0.717) is 5.41 Å². The summed E-state index contributed by atoms with van der Waals surface area (Å²) in [5.41, 5.74) is 7.52. The van der Waals surface area contributed by atoms with Crippen LogP contribution in [-0.2, 0) is 6.42 Å². The predicted octanol–water partition coefficient (Wildman–Crippen LogP) is 2.51. The molecule has 0 bridgehead atoms. The lowest BCUT2D eigenvalue weighted by atomic mass is 9.82. The van der Waals surface area contributed by atoms with Gasteiger partial charge in [-0.1, -0.05) is 12.8 Å². The number of nitrogens with two attached hydrogens (primary N) is 1. The Morgan fingerprint density at radius 1 is 1.50 bits per heavy atom. The lowest BCUT2D eigenvalue weighted by Gasteiger charge is -2.25. The van der Waals surface area contributed by atoms with Crippen molar-refractivity contribution in [2.75, 3.05) is 6.54 Å². The standard InChI is InChI=1S/C11H18N2S/c1-9-13-10(7-14-9)6-11(8-12)4-2-3-5-11/h7H,2-6,8,12H2,1H3. The van der Waals surface area contributed by atoms with Crippen LogP contribution in [0.2, 0.25) is 0 Å². The molecular weight excluding hydrogens is 192 g/mol. The molecule has 2 rings (SSSR count). The Morgan fingerprint density at radius 2 is 2.21 bits per heavy atom. The van der Waals surface area contributed by atoms with Gasteiger partial charge in [-0.3, -0.25) is 0 Å². The summed E-state index contributed by atoms with van der Waals surface area (Å²) in [6.45, 7) is 2.89. The van der Waals surface area contributed by atoms with E-state index in [4.69, 9.17) is 5.73 Å². The molecule has 0 saturated heterocycles. The summed E-state index contributed by atoms with van der Waals surface area (Å²) < 4.78 is 0. The van der Waals surface area contributed by atoms with E-state index in [-0.39, 0.29) is 0 Å². The number of rotatable bonds is 3. The van der Waals surface area contributed by atoms with Gasteiger partial charge in [0.1, 0.15) is 0 Å². The predicted molar refractivity (Wildman–Crippen MR) is 60.5 cm³/mol. The lowest BCUT2D eigenvalue weighted by molar-refractivity contribution is 0.304. The minimum absolute atomic E-state index is 0.376. The van der Waals surface area contributed by atoms with Crippen LogP contribution in [0.1, 0.15) is 36.4 Å². The molecule has 2 nitrogen and oxygen atoms in total. The maximum atomic E-state index is 5.90. The molecule has 1 aliphatic carbocycles. The van der Waals surface area contributed by atoms with Gasteiger partial charge in [0, 0.05) is 5.38 Å². The first-order valence-corrected chi connectivity index (χ1v) is 6.23. The Hall–Kier alpha value is -0.410. The zero-order chi connectivity index (χ0) is 10.0. The van der Waals surface area contributed by atoms with E-state index >= 15 is 0 Å². The summed E-state index contributed by atoms with van der Waals surface area (Å²) in [7, 11) is 0. The molecule has 1 fully saturated rings. The number of hydrogen-bond donors (Lipinski definition) is 1. The van der Waals surface area contributed by atoms with Gasteiger partial charge >= 0.3 is 0 Å². The Balaban J connectivity index is 2.08. The Bertz CT molecular complexity index is 300. The largest absolute Gasteiger partial charge is 0.330 e. The van der Waals surface area contributed by atoms with Gasteiger partial charge in [0.05, 0.1) is 10.7 Å². The minimum atomic E-state index is 0.376. The number of thiazole rings is 1. The highest BCUT2D eigenvalue weighted by Gasteiger charge is 2.33. The van der Waals surface area contributed by atoms with E-state index in [9.17, 15) is 0 Å². The van der Waals surface area contributed by atoms with Crippen molar-refractivity contribution >= 4 is 11.3 Å². The second-order valence-corrected chi connectivity index (χ2v) is 5.51. The Kier molecular flexibility index (Phi) is 2.88. The molecule has 1 saturated carbocycles. The molecular formula is C11H18N2S. The summed E-state index contributed by atoms with van der Waals surface area (Å²) in [6.07, 6.45) is 6.37. The third kappa shape index (κ3) is 1.98. The van der Waals surface area contributed by atoms with Gasteiger partial charge in [0.15, 0.2) is 0 Å². The van der Waals surface area contributed by atoms with Gasteiger partial charge in [-0.05, 0) is 38.1 Å². The van der Waals surface area contributed by atoms with Crippen molar-refractivity contribution < 1.29 is 0 Å². The molecule has 0 amide bonds. The summed E-state index contributed by atoms with van der Waals surface area (Å²) >= 11 is 1.75. The van der Waals surface area contributed by atoms with Gasteiger partial charge < -0.3 is 5.73 Å². The highest BCUT2D eigenvalue weighted by atomic mass is 32.1. The average Bonchev–Trinajstić information content (AvgIpc) is 2.77. The molecule has 3 heteroatoms. The SMILES string of the molecule is Cc1nc(CC2(CN)CCCC2)cs1. The first-order valence-electron chi connectivity index (χ1n) is 5.35. The second-order valence-electron chi connectivity index (χ2n) is 4.45. The Labute approximate surface area is 89.5 Å². The third-order valence-electron chi connectivity index (χ3n) is 3.32. The van der Waals surface area contributed by atoms with Gasteiger partial charge in [-0.25, -0.2) is 4.98 Å². The number of nitrogens with zero attached hydrogens (tertiary/aromatic N) is 1. The molecule has 2 N–H and O–H groups in total. The third-order valence-corrected chi connectivity index (χ3v) is 4.14. The van der Waals surface area contributed by atoms with Crippen LogP contribution in [0.4, 0.5) is 0 Å². The van der Waals surface area contributed by atoms with Crippen LogP contribution in [0.3, 0.4) is 0 Å². The highest BCUT2D eigenvalue weighted by Crippen LogP contribution is 2.39. The fraction of sp³-hybridized carbons (Fsp3) is 0.727. The average molecular weight is 210 g/mol. The normalized spacial score (nSPS) is 20.1. The van der Waals surface area contributed by atoms with Gasteiger partial charge in [-0.15, -0.1) is 11.3 Å². The Morgan fingerprint density at radius 3 is 2.71 bits per heavy atom. The molecule has 0 aromatic carbocycles. The minimum Gasteiger partial charge on any atom is -0.330 e.